The maximum absolute atomic E-state index is 5.18. The Morgan fingerprint density at radius 1 is 0.306 bits per heavy atom. The van der Waals surface area contributed by atoms with Gasteiger partial charge in [0.25, 0.3) is 6.71 Å². The van der Waals surface area contributed by atoms with Gasteiger partial charge >= 0.3 is 0 Å². The molecule has 0 radical (unpaired) electrons. The van der Waals surface area contributed by atoms with Crippen LogP contribution in [0.4, 0.5) is 51.2 Å². The van der Waals surface area contributed by atoms with Crippen LogP contribution in [-0.4, -0.2) is 16.7 Å². The molecule has 0 aliphatic carbocycles. The van der Waals surface area contributed by atoms with E-state index in [0.717, 1.165) is 55.9 Å². The van der Waals surface area contributed by atoms with Crippen LogP contribution in [0, 0.1) is 0 Å². The SMILES string of the molecule is c1ccc(-c2nc(-c3ccc(-c4cc5c6c(c4)N(c4ccccc4)c4cccc7c4B6c4c(cccc4N5c4ccccc4)N7c4ccccc4)cc3)nc3ccccc23)cc1. The fourth-order valence-electron chi connectivity index (χ4n) is 10.1. The number of benzene rings is 9. The van der Waals surface area contributed by atoms with Crippen molar-refractivity contribution in [1.29, 1.82) is 0 Å². The molecular weight excluding hydrogens is 753 g/mol. The molecule has 0 spiro atoms. The molecule has 10 aromatic rings. The van der Waals surface area contributed by atoms with E-state index < -0.39 is 0 Å². The number of rotatable bonds is 6. The molecule has 5 nitrogen and oxygen atoms in total. The van der Waals surface area contributed by atoms with Crippen molar-refractivity contribution in [2.75, 3.05) is 14.7 Å². The quantitative estimate of drug-likeness (QED) is 0.157. The summed E-state index contributed by atoms with van der Waals surface area (Å²) in [7, 11) is 0. The van der Waals surface area contributed by atoms with E-state index in [4.69, 9.17) is 9.97 Å². The Morgan fingerprint density at radius 2 is 0.726 bits per heavy atom. The molecule has 1 aromatic heterocycles. The lowest BCUT2D eigenvalue weighted by Gasteiger charge is -2.49. The van der Waals surface area contributed by atoms with Crippen molar-refractivity contribution in [3.63, 3.8) is 0 Å². The molecule has 0 atom stereocenters. The summed E-state index contributed by atoms with van der Waals surface area (Å²) in [4.78, 5) is 17.7. The number of hydrogen-bond acceptors (Lipinski definition) is 5. The van der Waals surface area contributed by atoms with E-state index in [1.54, 1.807) is 0 Å². The molecule has 4 heterocycles. The van der Waals surface area contributed by atoms with Crippen LogP contribution in [-0.2, 0) is 0 Å². The summed E-state index contributed by atoms with van der Waals surface area (Å²) < 4.78 is 0. The number of para-hydroxylation sites is 4. The smallest absolute Gasteiger partial charge is 0.257 e. The number of anilines is 9. The minimum atomic E-state index is 0.0255. The van der Waals surface area contributed by atoms with Crippen molar-refractivity contribution in [3.05, 3.63) is 218 Å². The van der Waals surface area contributed by atoms with E-state index in [9.17, 15) is 0 Å². The van der Waals surface area contributed by atoms with Gasteiger partial charge in [0, 0.05) is 67.7 Å². The highest BCUT2D eigenvalue weighted by atomic mass is 15.2. The lowest BCUT2D eigenvalue weighted by atomic mass is 9.31. The largest absolute Gasteiger partial charge is 0.311 e. The molecule has 0 saturated carbocycles. The van der Waals surface area contributed by atoms with E-state index in [1.165, 1.54) is 50.5 Å². The fourth-order valence-corrected chi connectivity index (χ4v) is 10.1. The van der Waals surface area contributed by atoms with Gasteiger partial charge in [0.05, 0.1) is 11.2 Å². The monoisotopic (exact) mass is 789 g/mol. The Balaban J connectivity index is 1.04. The van der Waals surface area contributed by atoms with Crippen molar-refractivity contribution in [3.8, 4) is 33.8 Å². The van der Waals surface area contributed by atoms with Crippen LogP contribution in [0.15, 0.2) is 218 Å². The maximum atomic E-state index is 5.18. The molecule has 288 valence electrons. The second kappa shape index (κ2) is 13.7. The zero-order chi connectivity index (χ0) is 40.7. The second-order valence-electron chi connectivity index (χ2n) is 16.2. The van der Waals surface area contributed by atoms with Gasteiger partial charge < -0.3 is 14.7 Å². The minimum Gasteiger partial charge on any atom is -0.311 e. The molecule has 62 heavy (non-hydrogen) atoms. The lowest BCUT2D eigenvalue weighted by molar-refractivity contribution is 1.22. The molecule has 0 amide bonds. The zero-order valence-electron chi connectivity index (χ0n) is 33.6. The van der Waals surface area contributed by atoms with E-state index >= 15 is 0 Å². The molecule has 6 heteroatoms. The van der Waals surface area contributed by atoms with Gasteiger partial charge in [0.15, 0.2) is 5.82 Å². The Morgan fingerprint density at radius 3 is 1.24 bits per heavy atom. The Kier molecular flexibility index (Phi) is 7.63. The first kappa shape index (κ1) is 34.6. The van der Waals surface area contributed by atoms with E-state index in [0.29, 0.717) is 5.82 Å². The summed E-state index contributed by atoms with van der Waals surface area (Å²) in [5, 5.41) is 1.04. The van der Waals surface area contributed by atoms with Gasteiger partial charge in [-0.05, 0) is 106 Å². The van der Waals surface area contributed by atoms with Crippen LogP contribution in [0.1, 0.15) is 0 Å². The van der Waals surface area contributed by atoms with Crippen LogP contribution in [0.3, 0.4) is 0 Å². The molecule has 0 saturated heterocycles. The van der Waals surface area contributed by atoms with Crippen molar-refractivity contribution >= 4 is 85.2 Å². The van der Waals surface area contributed by atoms with Crippen LogP contribution in [0.25, 0.3) is 44.7 Å². The summed E-state index contributed by atoms with van der Waals surface area (Å²) in [6.45, 7) is 0.0255. The molecule has 13 rings (SSSR count). The average molecular weight is 790 g/mol. The van der Waals surface area contributed by atoms with Gasteiger partial charge in [0.2, 0.25) is 0 Å². The molecule has 3 aliphatic rings. The number of nitrogens with zero attached hydrogens (tertiary/aromatic N) is 5. The fraction of sp³-hybridized carbons (Fsp3) is 0. The number of aromatic nitrogens is 2. The van der Waals surface area contributed by atoms with E-state index in [-0.39, 0.29) is 6.71 Å². The van der Waals surface area contributed by atoms with Gasteiger partial charge in [-0.25, -0.2) is 9.97 Å². The predicted octanol–water partition coefficient (Wildman–Crippen LogP) is 12.5. The molecule has 0 unspecified atom stereocenters. The average Bonchev–Trinajstić information content (AvgIpc) is 3.35. The van der Waals surface area contributed by atoms with E-state index in [1.807, 2.05) is 12.1 Å². The Hall–Kier alpha value is -8.22. The summed E-state index contributed by atoms with van der Waals surface area (Å²) in [6, 6.07) is 78.5. The highest BCUT2D eigenvalue weighted by Crippen LogP contribution is 2.51. The Bertz CT molecular complexity index is 3240. The van der Waals surface area contributed by atoms with Crippen molar-refractivity contribution in [1.82, 2.24) is 9.97 Å². The summed E-state index contributed by atoms with van der Waals surface area (Å²) in [6.07, 6.45) is 0. The van der Waals surface area contributed by atoms with Gasteiger partial charge in [0.1, 0.15) is 0 Å². The summed E-state index contributed by atoms with van der Waals surface area (Å²) >= 11 is 0. The third-order valence-corrected chi connectivity index (χ3v) is 12.7. The minimum absolute atomic E-state index is 0.0255. The maximum Gasteiger partial charge on any atom is 0.257 e. The Labute approximate surface area is 360 Å². The number of fused-ring (bicyclic) bond motifs is 1. The first-order valence-corrected chi connectivity index (χ1v) is 21.2. The van der Waals surface area contributed by atoms with Gasteiger partial charge in [-0.3, -0.25) is 0 Å². The van der Waals surface area contributed by atoms with Crippen LogP contribution in [0.5, 0.6) is 0 Å². The van der Waals surface area contributed by atoms with Crippen LogP contribution >= 0.6 is 0 Å². The normalized spacial score (nSPS) is 13.0. The number of hydrogen-bond donors (Lipinski definition) is 0. The van der Waals surface area contributed by atoms with Crippen LogP contribution in [0.2, 0.25) is 0 Å². The molecular formula is C56H36BN5. The first-order valence-electron chi connectivity index (χ1n) is 21.2. The summed E-state index contributed by atoms with van der Waals surface area (Å²) in [5.41, 5.74) is 20.7. The highest BCUT2D eigenvalue weighted by Gasteiger charge is 2.49. The van der Waals surface area contributed by atoms with Gasteiger partial charge in [-0.1, -0.05) is 140 Å². The molecule has 9 aromatic carbocycles. The predicted molar refractivity (Wildman–Crippen MR) is 258 cm³/mol. The standard InChI is InChI=1S/C56H36BN5/c1-5-17-38(18-6-1)55-44-25-13-14-26-45(44)58-56(59-55)39-33-31-37(32-34-39)40-35-50-54-51(36-40)62(43-23-11-4-12-24-43)49-30-16-28-47-53(49)57(54)52-46(60(47)41-19-7-2-8-20-41)27-15-29-48(52)61(50)42-21-9-3-10-22-42/h1-36H. The van der Waals surface area contributed by atoms with Crippen molar-refractivity contribution < 1.29 is 0 Å². The van der Waals surface area contributed by atoms with Crippen molar-refractivity contribution in [2.45, 2.75) is 0 Å². The highest BCUT2D eigenvalue weighted by molar-refractivity contribution is 7.02. The third kappa shape index (κ3) is 5.17. The molecule has 3 aliphatic heterocycles. The topological polar surface area (TPSA) is 35.5 Å². The summed E-state index contributed by atoms with van der Waals surface area (Å²) in [5.74, 6) is 0.710. The molecule has 0 bridgehead atoms. The second-order valence-corrected chi connectivity index (χ2v) is 16.2. The van der Waals surface area contributed by atoms with Gasteiger partial charge in [-0.2, -0.15) is 0 Å². The molecule has 0 fully saturated rings. The lowest BCUT2D eigenvalue weighted by Crippen LogP contribution is -2.64. The van der Waals surface area contributed by atoms with Crippen molar-refractivity contribution in [2.24, 2.45) is 0 Å². The van der Waals surface area contributed by atoms with Gasteiger partial charge in [-0.15, -0.1) is 0 Å². The first-order chi connectivity index (χ1) is 30.8. The third-order valence-electron chi connectivity index (χ3n) is 12.7. The van der Waals surface area contributed by atoms with Crippen LogP contribution < -0.4 is 31.1 Å². The zero-order valence-corrected chi connectivity index (χ0v) is 33.6. The molecule has 0 N–H and O–H groups in total. The van der Waals surface area contributed by atoms with E-state index in [2.05, 4.69) is 221 Å².